The van der Waals surface area contributed by atoms with Gasteiger partial charge in [-0.3, -0.25) is 10.1 Å². The third kappa shape index (κ3) is 3.23. The van der Waals surface area contributed by atoms with Crippen LogP contribution < -0.4 is 0 Å². The monoisotopic (exact) mass is 364 g/mol. The Kier molecular flexibility index (Phi) is 4.15. The topological polar surface area (TPSA) is 85.4 Å². The average molecular weight is 364 g/mol. The second-order valence-electron chi connectivity index (χ2n) is 5.63. The number of hydrogen-bond donors (Lipinski definition) is 1. The Morgan fingerprint density at radius 1 is 1.19 bits per heavy atom. The summed E-state index contributed by atoms with van der Waals surface area (Å²) in [6.07, 6.45) is -3.22. The molecule has 0 amide bonds. The predicted molar refractivity (Wildman–Crippen MR) is 86.1 cm³/mol. The lowest BCUT2D eigenvalue weighted by Gasteiger charge is -2.10. The number of aromatic carboxylic acids is 1. The van der Waals surface area contributed by atoms with Gasteiger partial charge >= 0.3 is 12.1 Å². The zero-order chi connectivity index (χ0) is 19.1. The molecule has 2 aromatic carbocycles. The molecular weight excluding hydrogens is 353 g/mol. The molecule has 0 spiro atoms. The summed E-state index contributed by atoms with van der Waals surface area (Å²) in [4.78, 5) is 21.7. The van der Waals surface area contributed by atoms with Crippen molar-refractivity contribution in [1.29, 1.82) is 0 Å². The molecule has 3 rings (SSSR count). The first-order chi connectivity index (χ1) is 12.2. The number of nitrogens with zero attached hydrogens (tertiary/aromatic N) is 2. The highest BCUT2D eigenvalue weighted by atomic mass is 19.4. The average Bonchev–Trinajstić information content (AvgIpc) is 2.92. The Bertz CT molecular complexity index is 1020. The smallest absolute Gasteiger partial charge is 0.416 e. The summed E-state index contributed by atoms with van der Waals surface area (Å²) in [7, 11) is 0. The summed E-state index contributed by atoms with van der Waals surface area (Å²) in [5, 5.41) is 20.4. The fourth-order valence-electron chi connectivity index (χ4n) is 2.74. The summed E-state index contributed by atoms with van der Waals surface area (Å²) in [6, 6.07) is 8.44. The fraction of sp³-hybridized carbons (Fsp3) is 0.118. The molecule has 0 fully saturated rings. The number of nitro groups is 1. The SMILES string of the molecule is O=C(O)c1cn(Cc2cccc(C(F)(F)F)c2)c2ccc([N+](=O)[O-])cc12. The Hall–Kier alpha value is -3.36. The van der Waals surface area contributed by atoms with E-state index in [9.17, 15) is 33.2 Å². The molecule has 26 heavy (non-hydrogen) atoms. The number of carbonyl (C=O) groups is 1. The van der Waals surface area contributed by atoms with Gasteiger partial charge < -0.3 is 9.67 Å². The van der Waals surface area contributed by atoms with Gasteiger partial charge in [-0.25, -0.2) is 4.79 Å². The number of carboxylic acids is 1. The summed E-state index contributed by atoms with van der Waals surface area (Å²) < 4.78 is 40.0. The number of benzene rings is 2. The van der Waals surface area contributed by atoms with Crippen LogP contribution >= 0.6 is 0 Å². The van der Waals surface area contributed by atoms with E-state index in [4.69, 9.17) is 0 Å². The van der Waals surface area contributed by atoms with Crippen molar-refractivity contribution in [3.8, 4) is 0 Å². The molecule has 0 unspecified atom stereocenters. The molecule has 9 heteroatoms. The molecule has 0 radical (unpaired) electrons. The Morgan fingerprint density at radius 3 is 2.54 bits per heavy atom. The van der Waals surface area contributed by atoms with Crippen molar-refractivity contribution in [3.63, 3.8) is 0 Å². The first-order valence-electron chi connectivity index (χ1n) is 7.33. The number of alkyl halides is 3. The maximum absolute atomic E-state index is 12.8. The molecule has 6 nitrogen and oxygen atoms in total. The van der Waals surface area contributed by atoms with E-state index in [1.54, 1.807) is 0 Å². The number of nitro benzene ring substituents is 1. The van der Waals surface area contributed by atoms with Crippen LogP contribution in [0, 0.1) is 10.1 Å². The number of hydrogen-bond acceptors (Lipinski definition) is 3. The van der Waals surface area contributed by atoms with Crippen molar-refractivity contribution in [2.45, 2.75) is 12.7 Å². The first-order valence-corrected chi connectivity index (χ1v) is 7.33. The van der Waals surface area contributed by atoms with E-state index in [1.807, 2.05) is 0 Å². The lowest BCUT2D eigenvalue weighted by Crippen LogP contribution is -2.06. The summed E-state index contributed by atoms with van der Waals surface area (Å²) in [5.41, 5.74) is -0.523. The minimum atomic E-state index is -4.48. The lowest BCUT2D eigenvalue weighted by atomic mass is 10.1. The largest absolute Gasteiger partial charge is 0.478 e. The van der Waals surface area contributed by atoms with E-state index in [2.05, 4.69) is 0 Å². The van der Waals surface area contributed by atoms with E-state index < -0.39 is 22.6 Å². The van der Waals surface area contributed by atoms with Gasteiger partial charge in [0.1, 0.15) is 0 Å². The second kappa shape index (κ2) is 6.17. The van der Waals surface area contributed by atoms with Gasteiger partial charge in [-0.1, -0.05) is 12.1 Å². The second-order valence-corrected chi connectivity index (χ2v) is 5.63. The molecule has 0 saturated carbocycles. The van der Waals surface area contributed by atoms with Gasteiger partial charge in [-0.15, -0.1) is 0 Å². The highest BCUT2D eigenvalue weighted by Gasteiger charge is 2.30. The summed E-state index contributed by atoms with van der Waals surface area (Å²) in [5.74, 6) is -1.28. The lowest BCUT2D eigenvalue weighted by molar-refractivity contribution is -0.384. The van der Waals surface area contributed by atoms with E-state index in [0.29, 0.717) is 11.1 Å². The number of aromatic nitrogens is 1. The molecule has 1 N–H and O–H groups in total. The van der Waals surface area contributed by atoms with Crippen molar-refractivity contribution >= 4 is 22.6 Å². The van der Waals surface area contributed by atoms with Gasteiger partial charge in [0.2, 0.25) is 0 Å². The van der Waals surface area contributed by atoms with Gasteiger partial charge in [0.25, 0.3) is 5.69 Å². The standard InChI is InChI=1S/C17H11F3N2O4/c18-17(19,20)11-3-1-2-10(6-11)8-21-9-14(16(23)24)13-7-12(22(25)26)4-5-15(13)21/h1-7,9H,8H2,(H,23,24). The normalized spacial score (nSPS) is 11.7. The molecule has 134 valence electrons. The van der Waals surface area contributed by atoms with E-state index in [-0.39, 0.29) is 23.2 Å². The molecule has 0 atom stereocenters. The van der Waals surface area contributed by atoms with Crippen molar-refractivity contribution in [3.05, 3.63) is 75.5 Å². The van der Waals surface area contributed by atoms with Crippen LogP contribution in [0.4, 0.5) is 18.9 Å². The van der Waals surface area contributed by atoms with Crippen LogP contribution in [0.2, 0.25) is 0 Å². The van der Waals surface area contributed by atoms with Crippen LogP contribution in [-0.2, 0) is 12.7 Å². The maximum Gasteiger partial charge on any atom is 0.416 e. The molecule has 1 heterocycles. The molecule has 0 aliphatic heterocycles. The van der Waals surface area contributed by atoms with E-state index in [0.717, 1.165) is 18.2 Å². The Balaban J connectivity index is 2.09. The highest BCUT2D eigenvalue weighted by molar-refractivity contribution is 6.04. The van der Waals surface area contributed by atoms with Crippen LogP contribution in [0.3, 0.4) is 0 Å². The number of rotatable bonds is 4. The molecule has 3 aromatic rings. The van der Waals surface area contributed by atoms with Crippen molar-refractivity contribution in [2.24, 2.45) is 0 Å². The van der Waals surface area contributed by atoms with Gasteiger partial charge in [0.15, 0.2) is 0 Å². The first kappa shape index (κ1) is 17.5. The number of carboxylic acid groups (broad SMARTS) is 1. The molecule has 1 aromatic heterocycles. The van der Waals surface area contributed by atoms with Crippen molar-refractivity contribution in [2.75, 3.05) is 0 Å². The van der Waals surface area contributed by atoms with Gasteiger partial charge in [-0.05, 0) is 23.8 Å². The van der Waals surface area contributed by atoms with Crippen molar-refractivity contribution < 1.29 is 28.0 Å². The summed E-state index contributed by atoms with van der Waals surface area (Å²) >= 11 is 0. The van der Waals surface area contributed by atoms with Crippen LogP contribution in [0.5, 0.6) is 0 Å². The van der Waals surface area contributed by atoms with Crippen LogP contribution in [0.1, 0.15) is 21.5 Å². The maximum atomic E-state index is 12.8. The third-order valence-corrected chi connectivity index (χ3v) is 3.91. The minimum absolute atomic E-state index is 0.00842. The van der Waals surface area contributed by atoms with Crippen LogP contribution in [0.25, 0.3) is 10.9 Å². The van der Waals surface area contributed by atoms with Crippen LogP contribution in [0.15, 0.2) is 48.7 Å². The van der Waals surface area contributed by atoms with E-state index >= 15 is 0 Å². The Morgan fingerprint density at radius 2 is 1.92 bits per heavy atom. The van der Waals surface area contributed by atoms with Gasteiger partial charge in [0.05, 0.1) is 16.1 Å². The zero-order valence-electron chi connectivity index (χ0n) is 13.0. The predicted octanol–water partition coefficient (Wildman–Crippen LogP) is 4.31. The zero-order valence-corrected chi connectivity index (χ0v) is 13.0. The van der Waals surface area contributed by atoms with E-state index in [1.165, 1.54) is 35.0 Å². The number of halogens is 3. The summed E-state index contributed by atoms with van der Waals surface area (Å²) in [6.45, 7) is -0.00842. The molecule has 0 aliphatic rings. The molecule has 0 bridgehead atoms. The molecule has 0 saturated heterocycles. The third-order valence-electron chi connectivity index (χ3n) is 3.91. The van der Waals surface area contributed by atoms with Crippen molar-refractivity contribution in [1.82, 2.24) is 4.57 Å². The van der Waals surface area contributed by atoms with Crippen LogP contribution in [-0.4, -0.2) is 20.6 Å². The molecule has 0 aliphatic carbocycles. The fourth-order valence-corrected chi connectivity index (χ4v) is 2.74. The number of non-ortho nitro benzene ring substituents is 1. The minimum Gasteiger partial charge on any atom is -0.478 e. The molecular formula is C17H11F3N2O4. The number of fused-ring (bicyclic) bond motifs is 1. The highest BCUT2D eigenvalue weighted by Crippen LogP contribution is 2.31. The Labute approximate surface area is 144 Å². The van der Waals surface area contributed by atoms with Gasteiger partial charge in [-0.2, -0.15) is 13.2 Å². The quantitative estimate of drug-likeness (QED) is 0.552. The van der Waals surface area contributed by atoms with Gasteiger partial charge in [0, 0.05) is 35.8 Å².